The van der Waals surface area contributed by atoms with Crippen molar-refractivity contribution in [1.82, 2.24) is 10.6 Å². The number of rotatable bonds is 6. The Morgan fingerprint density at radius 3 is 1.83 bits per heavy atom. The van der Waals surface area contributed by atoms with E-state index in [-0.39, 0.29) is 0 Å². The van der Waals surface area contributed by atoms with Gasteiger partial charge in [-0.3, -0.25) is 0 Å². The van der Waals surface area contributed by atoms with Gasteiger partial charge in [0.25, 0.3) is 0 Å². The standard InChI is InChI=1S/C9H24N2Si/c1-5-10-8(11-6-2)7-9(3,4)12/h8,10-11H,5-7H2,1-4,12H3. The summed E-state index contributed by atoms with van der Waals surface area (Å²) in [6.07, 6.45) is 1.74. The molecule has 0 unspecified atom stereocenters. The molecule has 12 heavy (non-hydrogen) atoms. The fraction of sp³-hybridized carbons (Fsp3) is 1.00. The molecule has 0 aromatic carbocycles. The molecule has 0 rings (SSSR count). The van der Waals surface area contributed by atoms with Crippen LogP contribution >= 0.6 is 0 Å². The molecule has 0 saturated heterocycles. The molecule has 2 N–H and O–H groups in total. The van der Waals surface area contributed by atoms with Crippen LogP contribution in [0.5, 0.6) is 0 Å². The van der Waals surface area contributed by atoms with E-state index >= 15 is 0 Å². The van der Waals surface area contributed by atoms with Gasteiger partial charge >= 0.3 is 0 Å². The molecule has 0 heterocycles. The minimum Gasteiger partial charge on any atom is -0.302 e. The Balaban J connectivity index is 3.77. The van der Waals surface area contributed by atoms with E-state index in [2.05, 4.69) is 38.3 Å². The van der Waals surface area contributed by atoms with Gasteiger partial charge in [0.1, 0.15) is 0 Å². The summed E-state index contributed by atoms with van der Waals surface area (Å²) in [7, 11) is 1.26. The lowest BCUT2D eigenvalue weighted by Gasteiger charge is -2.27. The zero-order valence-corrected chi connectivity index (χ0v) is 11.2. The molecule has 0 aromatic heterocycles. The molecule has 0 radical (unpaired) electrons. The average Bonchev–Trinajstić information content (AvgIpc) is 1.84. The highest BCUT2D eigenvalue weighted by molar-refractivity contribution is 6.14. The van der Waals surface area contributed by atoms with Crippen molar-refractivity contribution in [2.45, 2.75) is 45.3 Å². The first kappa shape index (κ1) is 12.1. The molecule has 0 aliphatic heterocycles. The summed E-state index contributed by atoms with van der Waals surface area (Å²) in [6.45, 7) is 11.1. The molecule has 2 nitrogen and oxygen atoms in total. The van der Waals surface area contributed by atoms with Crippen molar-refractivity contribution >= 4 is 10.2 Å². The van der Waals surface area contributed by atoms with Gasteiger partial charge in [-0.2, -0.15) is 0 Å². The van der Waals surface area contributed by atoms with E-state index in [1.54, 1.807) is 0 Å². The lowest BCUT2D eigenvalue weighted by atomic mass is 10.1. The summed E-state index contributed by atoms with van der Waals surface area (Å²) < 4.78 is 0. The van der Waals surface area contributed by atoms with Crippen molar-refractivity contribution < 1.29 is 0 Å². The molecule has 0 fully saturated rings. The van der Waals surface area contributed by atoms with E-state index in [9.17, 15) is 0 Å². The highest BCUT2D eigenvalue weighted by Gasteiger charge is 2.16. The van der Waals surface area contributed by atoms with Gasteiger partial charge < -0.3 is 10.6 Å². The van der Waals surface area contributed by atoms with Crippen molar-refractivity contribution in [2.75, 3.05) is 13.1 Å². The van der Waals surface area contributed by atoms with Gasteiger partial charge in [-0.25, -0.2) is 0 Å². The molecule has 0 amide bonds. The SMILES string of the molecule is CCNC(CC(C)(C)[SiH3])NCC. The molecule has 0 spiro atoms. The van der Waals surface area contributed by atoms with Gasteiger partial charge in [-0.1, -0.05) is 27.7 Å². The Bertz CT molecular complexity index is 104. The fourth-order valence-corrected chi connectivity index (χ4v) is 1.73. The maximum Gasteiger partial charge on any atom is 0.0573 e. The van der Waals surface area contributed by atoms with Crippen LogP contribution in [0.1, 0.15) is 34.1 Å². The first-order chi connectivity index (χ1) is 5.49. The van der Waals surface area contributed by atoms with Gasteiger partial charge in [-0.05, 0) is 24.5 Å². The lowest BCUT2D eigenvalue weighted by molar-refractivity contribution is 0.379. The zero-order valence-electron chi connectivity index (χ0n) is 9.20. The Hall–Kier alpha value is 0.137. The van der Waals surface area contributed by atoms with Crippen molar-refractivity contribution in [3.63, 3.8) is 0 Å². The quantitative estimate of drug-likeness (QED) is 0.468. The Kier molecular flexibility index (Phi) is 5.79. The molecule has 0 atom stereocenters. The van der Waals surface area contributed by atoms with Crippen LogP contribution in [-0.4, -0.2) is 29.5 Å². The summed E-state index contributed by atoms with van der Waals surface area (Å²) >= 11 is 0. The van der Waals surface area contributed by atoms with Crippen molar-refractivity contribution in [2.24, 2.45) is 0 Å². The summed E-state index contributed by atoms with van der Waals surface area (Å²) in [5.74, 6) is 0. The van der Waals surface area contributed by atoms with E-state index in [0.717, 1.165) is 13.1 Å². The largest absolute Gasteiger partial charge is 0.302 e. The third-order valence-corrected chi connectivity index (χ3v) is 2.13. The van der Waals surface area contributed by atoms with Crippen LogP contribution in [-0.2, 0) is 0 Å². The fourth-order valence-electron chi connectivity index (χ4n) is 1.32. The van der Waals surface area contributed by atoms with E-state index in [1.165, 1.54) is 16.7 Å². The zero-order chi connectivity index (χ0) is 9.61. The number of nitrogens with one attached hydrogen (secondary N) is 2. The van der Waals surface area contributed by atoms with Crippen LogP contribution in [0.25, 0.3) is 0 Å². The molecule has 0 aromatic rings. The number of hydrogen-bond acceptors (Lipinski definition) is 2. The molecule has 74 valence electrons. The van der Waals surface area contributed by atoms with Crippen LogP contribution in [0.15, 0.2) is 0 Å². The lowest BCUT2D eigenvalue weighted by Crippen LogP contribution is -2.43. The molecule has 3 heteroatoms. The second-order valence-corrected chi connectivity index (χ2v) is 7.14. The summed E-state index contributed by atoms with van der Waals surface area (Å²) in [5, 5.41) is 7.44. The highest BCUT2D eigenvalue weighted by Crippen LogP contribution is 2.24. The molecule has 0 bridgehead atoms. The maximum atomic E-state index is 3.45. The maximum absolute atomic E-state index is 3.45. The molecule has 0 aliphatic carbocycles. The monoisotopic (exact) mass is 188 g/mol. The van der Waals surface area contributed by atoms with Crippen LogP contribution in [0, 0.1) is 0 Å². The van der Waals surface area contributed by atoms with Gasteiger partial charge in [0.2, 0.25) is 0 Å². The number of hydrogen-bond donors (Lipinski definition) is 2. The van der Waals surface area contributed by atoms with Crippen LogP contribution in [0.3, 0.4) is 0 Å². The minimum absolute atomic E-state index is 0.507. The minimum atomic E-state index is 0.507. The summed E-state index contributed by atoms with van der Waals surface area (Å²) in [6, 6.07) is 0. The molecular formula is C9H24N2Si. The smallest absolute Gasteiger partial charge is 0.0573 e. The van der Waals surface area contributed by atoms with Crippen molar-refractivity contribution in [3.05, 3.63) is 0 Å². The van der Waals surface area contributed by atoms with Crippen molar-refractivity contribution in [3.8, 4) is 0 Å². The highest BCUT2D eigenvalue weighted by atomic mass is 28.1. The first-order valence-corrected chi connectivity index (χ1v) is 5.96. The van der Waals surface area contributed by atoms with Crippen LogP contribution < -0.4 is 10.6 Å². The normalized spacial score (nSPS) is 12.8. The first-order valence-electron chi connectivity index (χ1n) is 4.96. The van der Waals surface area contributed by atoms with E-state index < -0.39 is 0 Å². The predicted molar refractivity (Wildman–Crippen MR) is 59.7 cm³/mol. The van der Waals surface area contributed by atoms with Gasteiger partial charge in [0.15, 0.2) is 0 Å². The third-order valence-electron chi connectivity index (χ3n) is 1.72. The van der Waals surface area contributed by atoms with E-state index in [4.69, 9.17) is 0 Å². The van der Waals surface area contributed by atoms with E-state index in [0.29, 0.717) is 11.2 Å². The van der Waals surface area contributed by atoms with E-state index in [1.807, 2.05) is 0 Å². The summed E-state index contributed by atoms with van der Waals surface area (Å²) in [4.78, 5) is 0. The van der Waals surface area contributed by atoms with Gasteiger partial charge in [0, 0.05) is 10.2 Å². The predicted octanol–water partition coefficient (Wildman–Crippen LogP) is 0.486. The van der Waals surface area contributed by atoms with Crippen molar-refractivity contribution in [1.29, 1.82) is 0 Å². The second kappa shape index (κ2) is 5.73. The Labute approximate surface area is 79.9 Å². The molecule has 0 aliphatic rings. The Morgan fingerprint density at radius 1 is 1.17 bits per heavy atom. The Morgan fingerprint density at radius 2 is 1.58 bits per heavy atom. The topological polar surface area (TPSA) is 24.1 Å². The third kappa shape index (κ3) is 6.82. The van der Waals surface area contributed by atoms with Gasteiger partial charge in [-0.15, -0.1) is 0 Å². The van der Waals surface area contributed by atoms with Crippen LogP contribution in [0.2, 0.25) is 5.04 Å². The second-order valence-electron chi connectivity index (χ2n) is 4.43. The molecule has 0 saturated carbocycles. The molecular weight excluding hydrogens is 164 g/mol. The van der Waals surface area contributed by atoms with Crippen LogP contribution in [0.4, 0.5) is 0 Å². The van der Waals surface area contributed by atoms with Gasteiger partial charge in [0.05, 0.1) is 6.17 Å². The summed E-state index contributed by atoms with van der Waals surface area (Å²) in [5.41, 5.74) is 0. The average molecular weight is 188 g/mol.